The van der Waals surface area contributed by atoms with Crippen molar-refractivity contribution < 1.29 is 4.79 Å². The molecule has 0 radical (unpaired) electrons. The summed E-state index contributed by atoms with van der Waals surface area (Å²) in [5.41, 5.74) is 0.378. The van der Waals surface area contributed by atoms with E-state index in [1.54, 1.807) is 0 Å². The highest BCUT2D eigenvalue weighted by molar-refractivity contribution is 5.76. The molecule has 1 saturated carbocycles. The van der Waals surface area contributed by atoms with Gasteiger partial charge in [-0.25, -0.2) is 0 Å². The second-order valence-electron chi connectivity index (χ2n) is 6.29. The zero-order valence-corrected chi connectivity index (χ0v) is 11.1. The van der Waals surface area contributed by atoms with Crippen molar-refractivity contribution in [1.29, 1.82) is 0 Å². The summed E-state index contributed by atoms with van der Waals surface area (Å²) >= 11 is 0. The smallest absolute Gasteiger partial charge is 0.220 e. The minimum Gasteiger partial charge on any atom is -0.353 e. The molecule has 3 aliphatic rings. The van der Waals surface area contributed by atoms with Gasteiger partial charge in [-0.15, -0.1) is 0 Å². The molecule has 1 heterocycles. The summed E-state index contributed by atoms with van der Waals surface area (Å²) < 4.78 is 0. The van der Waals surface area contributed by atoms with Crippen LogP contribution in [0.3, 0.4) is 0 Å². The Kier molecular flexibility index (Phi) is 3.42. The third-order valence-corrected chi connectivity index (χ3v) is 4.87. The molecule has 1 saturated heterocycles. The molecule has 1 aliphatic heterocycles. The van der Waals surface area contributed by atoms with Crippen molar-refractivity contribution >= 4 is 5.91 Å². The summed E-state index contributed by atoms with van der Waals surface area (Å²) in [7, 11) is 0. The van der Waals surface area contributed by atoms with Gasteiger partial charge in [-0.2, -0.15) is 0 Å². The zero-order valence-electron chi connectivity index (χ0n) is 11.1. The largest absolute Gasteiger partial charge is 0.353 e. The molecule has 0 bridgehead atoms. The molecule has 100 valence electrons. The van der Waals surface area contributed by atoms with Gasteiger partial charge >= 0.3 is 0 Å². The monoisotopic (exact) mass is 248 g/mol. The number of nitrogens with one attached hydrogen (secondary N) is 2. The first kappa shape index (κ1) is 12.2. The van der Waals surface area contributed by atoms with Crippen LogP contribution in [0.25, 0.3) is 0 Å². The summed E-state index contributed by atoms with van der Waals surface area (Å²) in [6.07, 6.45) is 13.6. The molecule has 3 rings (SSSR count). The van der Waals surface area contributed by atoms with E-state index in [0.29, 0.717) is 23.9 Å². The van der Waals surface area contributed by atoms with E-state index in [-0.39, 0.29) is 5.91 Å². The normalized spacial score (nSPS) is 33.3. The third-order valence-electron chi connectivity index (χ3n) is 4.87. The number of hydrogen-bond donors (Lipinski definition) is 2. The summed E-state index contributed by atoms with van der Waals surface area (Å²) in [5, 5.41) is 6.90. The van der Waals surface area contributed by atoms with Crippen molar-refractivity contribution in [3.8, 4) is 0 Å². The second kappa shape index (κ2) is 5.04. The van der Waals surface area contributed by atoms with E-state index in [1.165, 1.54) is 19.3 Å². The summed E-state index contributed by atoms with van der Waals surface area (Å²) in [6, 6.07) is 0.407. The van der Waals surface area contributed by atoms with Crippen molar-refractivity contribution in [1.82, 2.24) is 10.6 Å². The molecular weight excluding hydrogens is 224 g/mol. The van der Waals surface area contributed by atoms with Crippen LogP contribution in [0.5, 0.6) is 0 Å². The van der Waals surface area contributed by atoms with Gasteiger partial charge in [0.15, 0.2) is 0 Å². The maximum Gasteiger partial charge on any atom is 0.220 e. The van der Waals surface area contributed by atoms with Gasteiger partial charge in [0, 0.05) is 18.0 Å². The average Bonchev–Trinajstić information content (AvgIpc) is 2.80. The van der Waals surface area contributed by atoms with Crippen molar-refractivity contribution in [2.45, 2.75) is 62.9 Å². The highest BCUT2D eigenvalue weighted by Gasteiger charge is 2.41. The fourth-order valence-corrected chi connectivity index (χ4v) is 3.66. The molecule has 0 aromatic heterocycles. The standard InChI is InChI=1S/C15H24N2O/c18-14(10-12-4-1-2-5-12)17-13-6-9-16-15(11-13)7-3-8-15/h1,4,12-13,16H,2-3,5-11H2,(H,17,18). The van der Waals surface area contributed by atoms with E-state index in [2.05, 4.69) is 22.8 Å². The van der Waals surface area contributed by atoms with E-state index >= 15 is 0 Å². The van der Waals surface area contributed by atoms with Crippen LogP contribution in [0, 0.1) is 5.92 Å². The number of rotatable bonds is 3. The first-order chi connectivity index (χ1) is 8.76. The maximum absolute atomic E-state index is 12.0. The van der Waals surface area contributed by atoms with Crippen LogP contribution in [0.2, 0.25) is 0 Å². The topological polar surface area (TPSA) is 41.1 Å². The van der Waals surface area contributed by atoms with Gasteiger partial charge in [-0.05, 0) is 57.4 Å². The fraction of sp³-hybridized carbons (Fsp3) is 0.800. The Hall–Kier alpha value is -0.830. The first-order valence-corrected chi connectivity index (χ1v) is 7.47. The van der Waals surface area contributed by atoms with Crippen LogP contribution in [0.1, 0.15) is 51.4 Å². The Balaban J connectivity index is 1.46. The number of carbonyl (C=O) groups is 1. The third kappa shape index (κ3) is 2.61. The van der Waals surface area contributed by atoms with Gasteiger partial charge < -0.3 is 10.6 Å². The number of carbonyl (C=O) groups excluding carboxylic acids is 1. The molecule has 2 fully saturated rings. The van der Waals surface area contributed by atoms with Crippen LogP contribution in [-0.2, 0) is 4.79 Å². The lowest BCUT2D eigenvalue weighted by molar-refractivity contribution is -0.122. The molecule has 2 unspecified atom stereocenters. The van der Waals surface area contributed by atoms with Crippen LogP contribution in [-0.4, -0.2) is 24.0 Å². The van der Waals surface area contributed by atoms with Crippen molar-refractivity contribution in [3.63, 3.8) is 0 Å². The number of allylic oxidation sites excluding steroid dienone is 2. The first-order valence-electron chi connectivity index (χ1n) is 7.47. The highest BCUT2D eigenvalue weighted by Crippen LogP contribution is 2.38. The zero-order chi connectivity index (χ0) is 12.4. The molecule has 1 spiro atoms. The average molecular weight is 248 g/mol. The van der Waals surface area contributed by atoms with Gasteiger partial charge in [0.05, 0.1) is 0 Å². The Morgan fingerprint density at radius 1 is 1.39 bits per heavy atom. The molecule has 3 heteroatoms. The van der Waals surface area contributed by atoms with E-state index in [1.807, 2.05) is 0 Å². The highest BCUT2D eigenvalue weighted by atomic mass is 16.1. The lowest BCUT2D eigenvalue weighted by atomic mass is 9.70. The molecule has 3 nitrogen and oxygen atoms in total. The van der Waals surface area contributed by atoms with E-state index in [4.69, 9.17) is 0 Å². The maximum atomic E-state index is 12.0. The quantitative estimate of drug-likeness (QED) is 0.751. The van der Waals surface area contributed by atoms with Crippen LogP contribution in [0.4, 0.5) is 0 Å². The number of piperidine rings is 1. The van der Waals surface area contributed by atoms with E-state index in [9.17, 15) is 4.79 Å². The minimum atomic E-state index is 0.257. The van der Waals surface area contributed by atoms with Gasteiger partial charge in [-0.3, -0.25) is 4.79 Å². The van der Waals surface area contributed by atoms with Gasteiger partial charge in [-0.1, -0.05) is 12.2 Å². The van der Waals surface area contributed by atoms with Crippen molar-refractivity contribution in [3.05, 3.63) is 12.2 Å². The Morgan fingerprint density at radius 3 is 2.94 bits per heavy atom. The Labute approximate surface area is 109 Å². The van der Waals surface area contributed by atoms with E-state index < -0.39 is 0 Å². The van der Waals surface area contributed by atoms with Crippen LogP contribution >= 0.6 is 0 Å². The SMILES string of the molecule is O=C(CC1C=CCC1)NC1CCNC2(CCC2)C1. The van der Waals surface area contributed by atoms with Gasteiger partial charge in [0.2, 0.25) is 5.91 Å². The fourth-order valence-electron chi connectivity index (χ4n) is 3.66. The molecule has 1 amide bonds. The Morgan fingerprint density at radius 2 is 2.28 bits per heavy atom. The van der Waals surface area contributed by atoms with E-state index in [0.717, 1.165) is 32.2 Å². The molecular formula is C15H24N2O. The van der Waals surface area contributed by atoms with Gasteiger partial charge in [0.25, 0.3) is 0 Å². The second-order valence-corrected chi connectivity index (χ2v) is 6.29. The Bertz CT molecular complexity index is 346. The lowest BCUT2D eigenvalue weighted by Crippen LogP contribution is -2.59. The predicted octanol–water partition coefficient (Wildman–Crippen LogP) is 2.13. The van der Waals surface area contributed by atoms with Crippen molar-refractivity contribution in [2.24, 2.45) is 5.92 Å². The lowest BCUT2D eigenvalue weighted by Gasteiger charge is -2.48. The minimum absolute atomic E-state index is 0.257. The van der Waals surface area contributed by atoms with Crippen molar-refractivity contribution in [2.75, 3.05) is 6.54 Å². The molecule has 2 atom stereocenters. The molecule has 0 aromatic rings. The molecule has 18 heavy (non-hydrogen) atoms. The van der Waals surface area contributed by atoms with Crippen LogP contribution < -0.4 is 10.6 Å². The number of amides is 1. The molecule has 0 aromatic carbocycles. The molecule has 2 aliphatic carbocycles. The number of hydrogen-bond acceptors (Lipinski definition) is 2. The summed E-state index contributed by atoms with van der Waals surface area (Å²) in [5.74, 6) is 0.748. The van der Waals surface area contributed by atoms with Crippen LogP contribution in [0.15, 0.2) is 12.2 Å². The summed E-state index contributed by atoms with van der Waals surface area (Å²) in [6.45, 7) is 1.06. The van der Waals surface area contributed by atoms with Gasteiger partial charge in [0.1, 0.15) is 0 Å². The summed E-state index contributed by atoms with van der Waals surface area (Å²) in [4.78, 5) is 12.0. The predicted molar refractivity (Wildman–Crippen MR) is 72.2 cm³/mol. The molecule has 2 N–H and O–H groups in total.